The van der Waals surface area contributed by atoms with Crippen molar-refractivity contribution >= 4 is 0 Å². The summed E-state index contributed by atoms with van der Waals surface area (Å²) in [4.78, 5) is 2.69. The van der Waals surface area contributed by atoms with Crippen LogP contribution in [-0.4, -0.2) is 18.0 Å². The molecule has 0 saturated heterocycles. The molecule has 0 spiro atoms. The van der Waals surface area contributed by atoms with Crippen LogP contribution in [0.25, 0.3) is 0 Å². The highest BCUT2D eigenvalue weighted by Gasteiger charge is 2.08. The summed E-state index contributed by atoms with van der Waals surface area (Å²) in [5, 5.41) is 0. The van der Waals surface area contributed by atoms with Crippen molar-refractivity contribution in [2.45, 2.75) is 117 Å². The summed E-state index contributed by atoms with van der Waals surface area (Å²) in [5.74, 6) is 0. The summed E-state index contributed by atoms with van der Waals surface area (Å²) in [7, 11) is 0. The van der Waals surface area contributed by atoms with E-state index in [1.54, 1.807) is 0 Å². The van der Waals surface area contributed by atoms with Gasteiger partial charge in [-0.3, -0.25) is 4.90 Å². The van der Waals surface area contributed by atoms with Gasteiger partial charge in [0.05, 0.1) is 0 Å². The Morgan fingerprint density at radius 1 is 0.607 bits per heavy atom. The lowest BCUT2D eigenvalue weighted by molar-refractivity contribution is 0.251. The van der Waals surface area contributed by atoms with Crippen LogP contribution in [0.1, 0.15) is 115 Å². The molecule has 0 amide bonds. The van der Waals surface area contributed by atoms with E-state index in [4.69, 9.17) is 5.73 Å². The number of unbranched alkanes of at least 4 members (excludes halogenated alkanes) is 12. The maximum Gasteiger partial charge on any atom is 0.0236 e. The van der Waals surface area contributed by atoms with E-state index < -0.39 is 0 Å². The molecule has 2 heteroatoms. The van der Waals surface area contributed by atoms with Gasteiger partial charge in [0.1, 0.15) is 0 Å². The van der Waals surface area contributed by atoms with Crippen LogP contribution in [0.15, 0.2) is 24.3 Å². The number of hydrogen-bond acceptors (Lipinski definition) is 2. The zero-order chi connectivity index (χ0) is 20.3. The van der Waals surface area contributed by atoms with Gasteiger partial charge in [0.25, 0.3) is 0 Å². The molecule has 2 nitrogen and oxygen atoms in total. The molecule has 0 heterocycles. The van der Waals surface area contributed by atoms with E-state index in [0.717, 1.165) is 6.54 Å². The van der Waals surface area contributed by atoms with Gasteiger partial charge in [0.15, 0.2) is 0 Å². The highest BCUT2D eigenvalue weighted by atomic mass is 15.1. The summed E-state index contributed by atoms with van der Waals surface area (Å²) >= 11 is 0. The van der Waals surface area contributed by atoms with E-state index in [2.05, 4.69) is 43.0 Å². The Hall–Kier alpha value is -0.860. The molecule has 0 atom stereocenters. The monoisotopic (exact) mass is 388 g/mol. The summed E-state index contributed by atoms with van der Waals surface area (Å²) in [6.07, 6.45) is 19.4. The Bertz CT molecular complexity index is 458. The standard InChI is InChI=1S/C26H48N2/c1-3-5-7-9-11-12-14-18-22-28(21-17-13-10-8-6-4-2)24-26-20-16-15-19-25(26)23-27/h15-16,19-20H,3-14,17-18,21-24,27H2,1-2H3. The molecule has 0 aromatic heterocycles. The summed E-state index contributed by atoms with van der Waals surface area (Å²) in [6.45, 7) is 8.78. The first-order chi connectivity index (χ1) is 13.8. The second-order valence-corrected chi connectivity index (χ2v) is 8.49. The molecule has 28 heavy (non-hydrogen) atoms. The Kier molecular flexibility index (Phi) is 16.4. The molecule has 1 aromatic rings. The average Bonchev–Trinajstić information content (AvgIpc) is 2.72. The van der Waals surface area contributed by atoms with Crippen LogP contribution in [0.2, 0.25) is 0 Å². The van der Waals surface area contributed by atoms with Crippen LogP contribution in [0, 0.1) is 0 Å². The van der Waals surface area contributed by atoms with E-state index >= 15 is 0 Å². The third-order valence-electron chi connectivity index (χ3n) is 5.89. The van der Waals surface area contributed by atoms with Crippen LogP contribution < -0.4 is 5.73 Å². The highest BCUT2D eigenvalue weighted by molar-refractivity contribution is 5.26. The number of rotatable bonds is 19. The highest BCUT2D eigenvalue weighted by Crippen LogP contribution is 2.15. The number of benzene rings is 1. The Balaban J connectivity index is 2.35. The molecule has 1 aromatic carbocycles. The van der Waals surface area contributed by atoms with Crippen molar-refractivity contribution in [3.05, 3.63) is 35.4 Å². The molecule has 0 aliphatic heterocycles. The maximum atomic E-state index is 5.97. The molecule has 162 valence electrons. The second-order valence-electron chi connectivity index (χ2n) is 8.49. The van der Waals surface area contributed by atoms with Crippen molar-refractivity contribution in [3.8, 4) is 0 Å². The van der Waals surface area contributed by atoms with Gasteiger partial charge in [-0.1, -0.05) is 115 Å². The van der Waals surface area contributed by atoms with Crippen LogP contribution in [0.5, 0.6) is 0 Å². The van der Waals surface area contributed by atoms with Crippen molar-refractivity contribution in [1.82, 2.24) is 4.90 Å². The van der Waals surface area contributed by atoms with Crippen LogP contribution in [-0.2, 0) is 13.1 Å². The fourth-order valence-electron chi connectivity index (χ4n) is 4.01. The predicted molar refractivity (Wildman–Crippen MR) is 126 cm³/mol. The topological polar surface area (TPSA) is 29.3 Å². The van der Waals surface area contributed by atoms with E-state index in [-0.39, 0.29) is 0 Å². The lowest BCUT2D eigenvalue weighted by Crippen LogP contribution is -2.26. The van der Waals surface area contributed by atoms with Gasteiger partial charge < -0.3 is 5.73 Å². The zero-order valence-electron chi connectivity index (χ0n) is 19.1. The zero-order valence-corrected chi connectivity index (χ0v) is 19.1. The van der Waals surface area contributed by atoms with Crippen molar-refractivity contribution in [2.75, 3.05) is 13.1 Å². The lowest BCUT2D eigenvalue weighted by atomic mass is 10.1. The summed E-state index contributed by atoms with van der Waals surface area (Å²) in [5.41, 5.74) is 8.70. The normalized spacial score (nSPS) is 11.4. The molecule has 0 aliphatic carbocycles. The molecule has 0 bridgehead atoms. The Morgan fingerprint density at radius 3 is 1.50 bits per heavy atom. The first-order valence-electron chi connectivity index (χ1n) is 12.3. The molecule has 0 radical (unpaired) electrons. The van der Waals surface area contributed by atoms with Crippen LogP contribution in [0.3, 0.4) is 0 Å². The fourth-order valence-corrected chi connectivity index (χ4v) is 4.01. The van der Waals surface area contributed by atoms with Crippen LogP contribution >= 0.6 is 0 Å². The minimum atomic E-state index is 0.652. The molecule has 1 rings (SSSR count). The molecular formula is C26H48N2. The summed E-state index contributed by atoms with van der Waals surface area (Å²) in [6, 6.07) is 8.73. The number of hydrogen-bond donors (Lipinski definition) is 1. The van der Waals surface area contributed by atoms with E-state index in [0.29, 0.717) is 6.54 Å². The first kappa shape index (κ1) is 25.2. The largest absolute Gasteiger partial charge is 0.326 e. The van der Waals surface area contributed by atoms with Gasteiger partial charge >= 0.3 is 0 Å². The van der Waals surface area contributed by atoms with Crippen molar-refractivity contribution in [1.29, 1.82) is 0 Å². The van der Waals surface area contributed by atoms with E-state index in [1.807, 2.05) is 0 Å². The third-order valence-corrected chi connectivity index (χ3v) is 5.89. The van der Waals surface area contributed by atoms with Gasteiger partial charge in [-0.05, 0) is 37.1 Å². The van der Waals surface area contributed by atoms with E-state index in [9.17, 15) is 0 Å². The molecule has 0 fully saturated rings. The van der Waals surface area contributed by atoms with Crippen LogP contribution in [0.4, 0.5) is 0 Å². The van der Waals surface area contributed by atoms with Crippen molar-refractivity contribution in [2.24, 2.45) is 5.73 Å². The quantitative estimate of drug-likeness (QED) is 0.249. The van der Waals surface area contributed by atoms with Gasteiger partial charge in [0.2, 0.25) is 0 Å². The average molecular weight is 389 g/mol. The smallest absolute Gasteiger partial charge is 0.0236 e. The van der Waals surface area contributed by atoms with Gasteiger partial charge in [-0.25, -0.2) is 0 Å². The van der Waals surface area contributed by atoms with Crippen molar-refractivity contribution < 1.29 is 0 Å². The minimum Gasteiger partial charge on any atom is -0.326 e. The number of nitrogens with zero attached hydrogens (tertiary/aromatic N) is 1. The molecule has 0 unspecified atom stereocenters. The van der Waals surface area contributed by atoms with Gasteiger partial charge in [-0.15, -0.1) is 0 Å². The number of nitrogens with two attached hydrogens (primary N) is 1. The second kappa shape index (κ2) is 18.2. The molecule has 0 saturated carbocycles. The minimum absolute atomic E-state index is 0.652. The third kappa shape index (κ3) is 12.6. The van der Waals surface area contributed by atoms with Gasteiger partial charge in [-0.2, -0.15) is 0 Å². The van der Waals surface area contributed by atoms with Crippen molar-refractivity contribution in [3.63, 3.8) is 0 Å². The first-order valence-corrected chi connectivity index (χ1v) is 12.3. The van der Waals surface area contributed by atoms with Gasteiger partial charge in [0, 0.05) is 13.1 Å². The van der Waals surface area contributed by atoms with E-state index in [1.165, 1.54) is 114 Å². The Morgan fingerprint density at radius 2 is 1.04 bits per heavy atom. The maximum absolute atomic E-state index is 5.97. The predicted octanol–water partition coefficient (Wildman–Crippen LogP) is 7.45. The molecular weight excluding hydrogens is 340 g/mol. The molecule has 2 N–H and O–H groups in total. The lowest BCUT2D eigenvalue weighted by Gasteiger charge is -2.24. The molecule has 0 aliphatic rings. The summed E-state index contributed by atoms with van der Waals surface area (Å²) < 4.78 is 0. The fraction of sp³-hybridized carbons (Fsp3) is 0.769. The Labute approximate surface area is 176 Å². The SMILES string of the molecule is CCCCCCCCCCN(CCCCCCCC)Cc1ccccc1CN.